The van der Waals surface area contributed by atoms with Gasteiger partial charge in [-0.05, 0) is 81.9 Å². The summed E-state index contributed by atoms with van der Waals surface area (Å²) in [5, 5.41) is 0.108. The van der Waals surface area contributed by atoms with Crippen LogP contribution in [0.5, 0.6) is 5.75 Å². The lowest BCUT2D eigenvalue weighted by Crippen LogP contribution is -2.56. The molecule has 3 aromatic carbocycles. The smallest absolute Gasteiger partial charge is 0.270 e. The summed E-state index contributed by atoms with van der Waals surface area (Å²) in [6.07, 6.45) is 3.87. The van der Waals surface area contributed by atoms with Crippen molar-refractivity contribution in [1.82, 2.24) is 0 Å². The maximum Gasteiger partial charge on any atom is 0.270 e. The van der Waals surface area contributed by atoms with E-state index >= 15 is 0 Å². The van der Waals surface area contributed by atoms with Crippen molar-refractivity contribution < 1.29 is 14.3 Å². The highest BCUT2D eigenvalue weighted by Gasteiger charge is 2.41. The van der Waals surface area contributed by atoms with Crippen molar-refractivity contribution in [3.63, 3.8) is 0 Å². The van der Waals surface area contributed by atoms with E-state index in [9.17, 15) is 9.59 Å². The Balaban J connectivity index is 1.69. The van der Waals surface area contributed by atoms with Gasteiger partial charge in [-0.3, -0.25) is 19.4 Å². The fraction of sp³-hybridized carbons (Fsp3) is 0.219. The number of likely N-dealkylation sites (N-methyl/N-ethyl adjacent to an activating group) is 1. The highest BCUT2D eigenvalue weighted by atomic mass is 32.1. The summed E-state index contributed by atoms with van der Waals surface area (Å²) < 4.78 is 5.80. The first-order valence-electron chi connectivity index (χ1n) is 12.9. The summed E-state index contributed by atoms with van der Waals surface area (Å²) in [6.45, 7) is 9.40. The van der Waals surface area contributed by atoms with E-state index in [1.165, 1.54) is 9.80 Å². The number of fused-ring (bicyclic) bond motifs is 1. The zero-order valence-electron chi connectivity index (χ0n) is 22.8. The second-order valence-corrected chi connectivity index (χ2v) is 10.5. The van der Waals surface area contributed by atoms with Crippen LogP contribution in [0, 0.1) is 0 Å². The van der Waals surface area contributed by atoms with Crippen LogP contribution in [-0.2, 0) is 9.59 Å². The Morgan fingerprint density at radius 2 is 1.44 bits per heavy atom. The van der Waals surface area contributed by atoms with E-state index in [1.807, 2.05) is 48.5 Å². The molecule has 0 N–H and O–H groups in total. The maximum absolute atomic E-state index is 13.9. The van der Waals surface area contributed by atoms with Gasteiger partial charge >= 0.3 is 0 Å². The zero-order valence-corrected chi connectivity index (χ0v) is 23.6. The van der Waals surface area contributed by atoms with Crippen molar-refractivity contribution in [2.24, 2.45) is 0 Å². The van der Waals surface area contributed by atoms with Crippen LogP contribution in [0.25, 0.3) is 11.6 Å². The average molecular weight is 538 g/mol. The third-order valence-electron chi connectivity index (χ3n) is 7.22. The van der Waals surface area contributed by atoms with Crippen LogP contribution in [0.3, 0.4) is 0 Å². The number of ether oxygens (including phenoxy) is 1. The van der Waals surface area contributed by atoms with Crippen LogP contribution in [0.15, 0.2) is 84.4 Å². The second kappa shape index (κ2) is 10.2. The third-order valence-corrected chi connectivity index (χ3v) is 7.59. The molecule has 1 fully saturated rings. The number of amides is 2. The Bertz CT molecular complexity index is 1460. The number of allylic oxidation sites excluding steroid dienone is 1. The molecule has 39 heavy (non-hydrogen) atoms. The van der Waals surface area contributed by atoms with Gasteiger partial charge in [-0.25, -0.2) is 0 Å². The van der Waals surface area contributed by atoms with Crippen molar-refractivity contribution in [3.05, 3.63) is 95.6 Å². The predicted octanol–water partition coefficient (Wildman–Crippen LogP) is 6.47. The van der Waals surface area contributed by atoms with E-state index in [-0.39, 0.29) is 16.2 Å². The van der Waals surface area contributed by atoms with E-state index in [1.54, 1.807) is 37.5 Å². The fourth-order valence-electron chi connectivity index (χ4n) is 5.48. The Hall–Kier alpha value is -4.23. The summed E-state index contributed by atoms with van der Waals surface area (Å²) in [6, 6.07) is 22.3. The highest BCUT2D eigenvalue weighted by Crippen LogP contribution is 2.43. The summed E-state index contributed by atoms with van der Waals surface area (Å²) in [5.41, 5.74) is 4.88. The lowest BCUT2D eigenvalue weighted by molar-refractivity contribution is -0.120. The molecule has 0 aliphatic carbocycles. The molecule has 0 bridgehead atoms. The molecule has 2 amide bonds. The summed E-state index contributed by atoms with van der Waals surface area (Å²) in [4.78, 5) is 33.0. The molecular weight excluding hydrogens is 506 g/mol. The maximum atomic E-state index is 13.9. The fourth-order valence-corrected chi connectivity index (χ4v) is 5.86. The van der Waals surface area contributed by atoms with Crippen LogP contribution in [-0.4, -0.2) is 36.1 Å². The van der Waals surface area contributed by atoms with E-state index in [0.29, 0.717) is 22.7 Å². The van der Waals surface area contributed by atoms with Gasteiger partial charge in [0.1, 0.15) is 11.3 Å². The first-order chi connectivity index (χ1) is 18.7. The number of carbonyl (C=O) groups is 2. The number of methoxy groups -OCH3 is 1. The van der Waals surface area contributed by atoms with Crippen molar-refractivity contribution in [1.29, 1.82) is 0 Å². The van der Waals surface area contributed by atoms with Crippen LogP contribution < -0.4 is 19.4 Å². The topological polar surface area (TPSA) is 53.1 Å². The predicted molar refractivity (Wildman–Crippen MR) is 162 cm³/mol. The first kappa shape index (κ1) is 26.4. The van der Waals surface area contributed by atoms with Crippen molar-refractivity contribution in [3.8, 4) is 5.75 Å². The highest BCUT2D eigenvalue weighted by molar-refractivity contribution is 7.81. The minimum absolute atomic E-state index is 0.000300. The van der Waals surface area contributed by atoms with Gasteiger partial charge in [-0.2, -0.15) is 0 Å². The molecular formula is C32H31N3O3S. The number of rotatable bonds is 5. The van der Waals surface area contributed by atoms with Gasteiger partial charge in [-0.1, -0.05) is 42.5 Å². The average Bonchev–Trinajstić information content (AvgIpc) is 2.92. The molecule has 3 aromatic rings. The van der Waals surface area contributed by atoms with Crippen molar-refractivity contribution in [2.45, 2.75) is 33.2 Å². The quantitative estimate of drug-likeness (QED) is 0.212. The van der Waals surface area contributed by atoms with E-state index in [0.717, 1.165) is 23.4 Å². The number of benzene rings is 3. The van der Waals surface area contributed by atoms with Crippen LogP contribution in [0.1, 0.15) is 38.8 Å². The zero-order chi connectivity index (χ0) is 27.9. The molecule has 0 radical (unpaired) electrons. The van der Waals surface area contributed by atoms with Crippen LogP contribution in [0.4, 0.5) is 17.1 Å². The number of thiocarbonyl (C=S) groups is 1. The summed E-state index contributed by atoms with van der Waals surface area (Å²) in [7, 11) is 1.60. The van der Waals surface area contributed by atoms with Crippen LogP contribution in [0.2, 0.25) is 0 Å². The minimum atomic E-state index is -0.480. The molecule has 198 valence electrons. The summed E-state index contributed by atoms with van der Waals surface area (Å²) in [5.74, 6) is -0.380. The summed E-state index contributed by atoms with van der Waals surface area (Å²) >= 11 is 5.72. The lowest BCUT2D eigenvalue weighted by atomic mass is 9.87. The molecule has 0 spiro atoms. The SMILES string of the molecule is CCN1c2cc(OC)c(C=C3C(=O)N(c4ccccc4)C(=S)N(c4ccccc4)C3=O)cc2C(C)=CC1(C)C. The third kappa shape index (κ3) is 4.53. The molecule has 0 aromatic heterocycles. The molecule has 1 saturated heterocycles. The van der Waals surface area contributed by atoms with E-state index in [4.69, 9.17) is 17.0 Å². The molecule has 0 unspecified atom stereocenters. The number of hydrogen-bond donors (Lipinski definition) is 0. The van der Waals surface area contributed by atoms with Gasteiger partial charge in [0.15, 0.2) is 5.11 Å². The van der Waals surface area contributed by atoms with Gasteiger partial charge in [0.05, 0.1) is 24.0 Å². The molecule has 2 aliphatic heterocycles. The molecule has 0 atom stereocenters. The number of hydrogen-bond acceptors (Lipinski definition) is 5. The normalized spacial score (nSPS) is 16.7. The van der Waals surface area contributed by atoms with Crippen LogP contribution >= 0.6 is 12.2 Å². The van der Waals surface area contributed by atoms with Gasteiger partial charge in [0, 0.05) is 29.4 Å². The van der Waals surface area contributed by atoms with Crippen molar-refractivity contribution >= 4 is 57.9 Å². The molecule has 7 heteroatoms. The Morgan fingerprint density at radius 1 is 0.897 bits per heavy atom. The number of para-hydroxylation sites is 2. The first-order valence-corrected chi connectivity index (χ1v) is 13.3. The molecule has 2 heterocycles. The molecule has 5 rings (SSSR count). The molecule has 2 aliphatic rings. The monoisotopic (exact) mass is 537 g/mol. The Morgan fingerprint density at radius 3 is 1.92 bits per heavy atom. The van der Waals surface area contributed by atoms with Gasteiger partial charge in [0.2, 0.25) is 0 Å². The number of anilines is 3. The minimum Gasteiger partial charge on any atom is -0.496 e. The molecule has 6 nitrogen and oxygen atoms in total. The Kier molecular flexibility index (Phi) is 6.87. The van der Waals surface area contributed by atoms with E-state index in [2.05, 4.69) is 38.7 Å². The Labute approximate surface area is 234 Å². The number of carbonyl (C=O) groups excluding carboxylic acids is 2. The van der Waals surface area contributed by atoms with Gasteiger partial charge in [-0.15, -0.1) is 0 Å². The van der Waals surface area contributed by atoms with Gasteiger partial charge in [0.25, 0.3) is 11.8 Å². The second-order valence-electron chi connectivity index (χ2n) is 10.1. The van der Waals surface area contributed by atoms with Crippen molar-refractivity contribution in [2.75, 3.05) is 28.4 Å². The van der Waals surface area contributed by atoms with Gasteiger partial charge < -0.3 is 9.64 Å². The molecule has 0 saturated carbocycles. The standard InChI is InChI=1S/C32H31N3O3S/c1-6-33-27-19-28(38-5)22(17-25(27)21(2)20-32(33,3)4)18-26-29(36)34(23-13-9-7-10-14-23)31(39)35(30(26)37)24-15-11-8-12-16-24/h7-20H,6H2,1-5H3. The van der Waals surface area contributed by atoms with E-state index < -0.39 is 11.8 Å². The lowest BCUT2D eigenvalue weighted by Gasteiger charge is -2.43. The number of nitrogens with zero attached hydrogens (tertiary/aromatic N) is 3. The largest absolute Gasteiger partial charge is 0.496 e.